The van der Waals surface area contributed by atoms with E-state index in [-0.39, 0.29) is 5.91 Å². The van der Waals surface area contributed by atoms with Gasteiger partial charge in [-0.05, 0) is 19.8 Å². The molecule has 2 heterocycles. The van der Waals surface area contributed by atoms with Gasteiger partial charge in [-0.3, -0.25) is 9.48 Å². The van der Waals surface area contributed by atoms with Crippen molar-refractivity contribution >= 4 is 11.6 Å². The number of carbonyl (C=O) groups is 1. The summed E-state index contributed by atoms with van der Waals surface area (Å²) < 4.78 is 1.54. The first-order chi connectivity index (χ1) is 7.11. The summed E-state index contributed by atoms with van der Waals surface area (Å²) in [5.74, 6) is -0.00231. The minimum Gasteiger partial charge on any atom is -0.396 e. The average molecular weight is 208 g/mol. The molecule has 2 N–H and O–H groups in total. The van der Waals surface area contributed by atoms with Crippen LogP contribution in [0.3, 0.4) is 0 Å². The molecule has 0 bridgehead atoms. The summed E-state index contributed by atoms with van der Waals surface area (Å²) in [5.41, 5.74) is 6.69. The fraction of sp³-hybridized carbons (Fsp3) is 0.600. The maximum absolute atomic E-state index is 12.1. The average Bonchev–Trinajstić information content (AvgIpc) is 2.73. The SMILES string of the molecule is CC1CCCN1C(=O)c1c(N)cnn1C. The van der Waals surface area contributed by atoms with Crippen LogP contribution >= 0.6 is 0 Å². The van der Waals surface area contributed by atoms with Gasteiger partial charge in [-0.15, -0.1) is 0 Å². The van der Waals surface area contributed by atoms with Crippen LogP contribution in [0.25, 0.3) is 0 Å². The van der Waals surface area contributed by atoms with E-state index in [1.807, 2.05) is 4.90 Å². The predicted molar refractivity (Wildman–Crippen MR) is 57.4 cm³/mol. The van der Waals surface area contributed by atoms with Crippen LogP contribution in [0.2, 0.25) is 0 Å². The molecule has 1 saturated heterocycles. The van der Waals surface area contributed by atoms with Gasteiger partial charge < -0.3 is 10.6 Å². The first-order valence-corrected chi connectivity index (χ1v) is 5.19. The number of rotatable bonds is 1. The number of likely N-dealkylation sites (tertiary alicyclic amines) is 1. The Morgan fingerprint density at radius 3 is 2.87 bits per heavy atom. The Labute approximate surface area is 88.8 Å². The van der Waals surface area contributed by atoms with Gasteiger partial charge >= 0.3 is 0 Å². The fourth-order valence-corrected chi connectivity index (χ4v) is 2.09. The van der Waals surface area contributed by atoms with Crippen molar-refractivity contribution in [1.29, 1.82) is 0 Å². The Morgan fingerprint density at radius 2 is 2.40 bits per heavy atom. The van der Waals surface area contributed by atoms with Crippen molar-refractivity contribution in [1.82, 2.24) is 14.7 Å². The molecule has 1 unspecified atom stereocenters. The molecule has 2 rings (SSSR count). The zero-order valence-corrected chi connectivity index (χ0v) is 9.10. The summed E-state index contributed by atoms with van der Waals surface area (Å²) >= 11 is 0. The molecule has 0 saturated carbocycles. The second-order valence-corrected chi connectivity index (χ2v) is 4.06. The molecule has 0 aliphatic carbocycles. The number of hydrogen-bond donors (Lipinski definition) is 1. The van der Waals surface area contributed by atoms with Crippen LogP contribution in [0.4, 0.5) is 5.69 Å². The van der Waals surface area contributed by atoms with E-state index in [0.29, 0.717) is 17.4 Å². The number of anilines is 1. The number of nitrogen functional groups attached to an aromatic ring is 1. The van der Waals surface area contributed by atoms with Gasteiger partial charge in [0.1, 0.15) is 5.69 Å². The zero-order valence-electron chi connectivity index (χ0n) is 9.10. The van der Waals surface area contributed by atoms with Crippen molar-refractivity contribution in [2.75, 3.05) is 12.3 Å². The van der Waals surface area contributed by atoms with E-state index in [1.165, 1.54) is 6.20 Å². The molecule has 0 radical (unpaired) electrons. The Bertz CT molecular complexity index is 365. The van der Waals surface area contributed by atoms with Gasteiger partial charge in [0.05, 0.1) is 11.9 Å². The number of carbonyl (C=O) groups excluding carboxylic acids is 1. The largest absolute Gasteiger partial charge is 0.396 e. The summed E-state index contributed by atoms with van der Waals surface area (Å²) in [6.07, 6.45) is 3.67. The van der Waals surface area contributed by atoms with Crippen LogP contribution in [0, 0.1) is 0 Å². The molecular formula is C10H16N4O. The molecule has 1 aromatic rings. The van der Waals surface area contributed by atoms with Crippen LogP contribution in [-0.2, 0) is 7.05 Å². The monoisotopic (exact) mass is 208 g/mol. The molecule has 1 aliphatic heterocycles. The molecular weight excluding hydrogens is 192 g/mol. The number of nitrogens with zero attached hydrogens (tertiary/aromatic N) is 3. The molecule has 1 amide bonds. The quantitative estimate of drug-likeness (QED) is 0.736. The lowest BCUT2D eigenvalue weighted by molar-refractivity contribution is 0.0737. The van der Waals surface area contributed by atoms with Crippen molar-refractivity contribution in [3.63, 3.8) is 0 Å². The predicted octanol–water partition coefficient (Wildman–Crippen LogP) is 0.627. The van der Waals surface area contributed by atoms with Crippen molar-refractivity contribution in [3.8, 4) is 0 Å². The highest BCUT2D eigenvalue weighted by atomic mass is 16.2. The summed E-state index contributed by atoms with van der Waals surface area (Å²) in [6.45, 7) is 2.89. The standard InChI is InChI=1S/C10H16N4O/c1-7-4-3-5-14(7)10(15)9-8(11)6-12-13(9)2/h6-7H,3-5,11H2,1-2H3. The zero-order chi connectivity index (χ0) is 11.0. The van der Waals surface area contributed by atoms with Gasteiger partial charge in [0.15, 0.2) is 0 Å². The molecule has 1 aromatic heterocycles. The van der Waals surface area contributed by atoms with Gasteiger partial charge in [0.25, 0.3) is 5.91 Å². The first-order valence-electron chi connectivity index (χ1n) is 5.19. The van der Waals surface area contributed by atoms with Gasteiger partial charge in [-0.1, -0.05) is 0 Å². The van der Waals surface area contributed by atoms with Gasteiger partial charge in [0.2, 0.25) is 0 Å². The molecule has 82 valence electrons. The summed E-state index contributed by atoms with van der Waals surface area (Å²) in [7, 11) is 1.74. The number of hydrogen-bond acceptors (Lipinski definition) is 3. The summed E-state index contributed by atoms with van der Waals surface area (Å²) in [4.78, 5) is 14.0. The van der Waals surface area contributed by atoms with Crippen molar-refractivity contribution < 1.29 is 4.79 Å². The Balaban J connectivity index is 2.28. The summed E-state index contributed by atoms with van der Waals surface area (Å²) in [5, 5.41) is 3.98. The minimum absolute atomic E-state index is 0.00231. The van der Waals surface area contributed by atoms with Crippen LogP contribution in [0.15, 0.2) is 6.20 Å². The van der Waals surface area contributed by atoms with E-state index >= 15 is 0 Å². The Kier molecular flexibility index (Phi) is 2.38. The lowest BCUT2D eigenvalue weighted by Crippen LogP contribution is -2.35. The van der Waals surface area contributed by atoms with Crippen LogP contribution < -0.4 is 5.73 Å². The number of aromatic nitrogens is 2. The highest BCUT2D eigenvalue weighted by Crippen LogP contribution is 2.21. The number of nitrogens with two attached hydrogens (primary N) is 1. The fourth-order valence-electron chi connectivity index (χ4n) is 2.09. The molecule has 15 heavy (non-hydrogen) atoms. The van der Waals surface area contributed by atoms with E-state index in [1.54, 1.807) is 11.7 Å². The molecule has 1 aliphatic rings. The third-order valence-electron chi connectivity index (χ3n) is 2.98. The van der Waals surface area contributed by atoms with Gasteiger partial charge in [-0.25, -0.2) is 0 Å². The van der Waals surface area contributed by atoms with Crippen molar-refractivity contribution in [3.05, 3.63) is 11.9 Å². The lowest BCUT2D eigenvalue weighted by atomic mass is 10.2. The summed E-state index contributed by atoms with van der Waals surface area (Å²) in [6, 6.07) is 0.312. The second kappa shape index (κ2) is 3.56. The molecule has 1 fully saturated rings. The maximum atomic E-state index is 12.1. The van der Waals surface area contributed by atoms with E-state index in [4.69, 9.17) is 5.73 Å². The van der Waals surface area contributed by atoms with Crippen LogP contribution in [-0.4, -0.2) is 33.2 Å². The van der Waals surface area contributed by atoms with Crippen molar-refractivity contribution in [2.24, 2.45) is 7.05 Å². The highest BCUT2D eigenvalue weighted by molar-refractivity contribution is 5.97. The Hall–Kier alpha value is -1.52. The molecule has 5 heteroatoms. The maximum Gasteiger partial charge on any atom is 0.274 e. The smallest absolute Gasteiger partial charge is 0.274 e. The van der Waals surface area contributed by atoms with Crippen LogP contribution in [0.5, 0.6) is 0 Å². The third kappa shape index (κ3) is 1.58. The van der Waals surface area contributed by atoms with E-state index < -0.39 is 0 Å². The third-order valence-corrected chi connectivity index (χ3v) is 2.98. The first kappa shape index (κ1) is 10.0. The van der Waals surface area contributed by atoms with Crippen molar-refractivity contribution in [2.45, 2.75) is 25.8 Å². The Morgan fingerprint density at radius 1 is 1.67 bits per heavy atom. The number of aryl methyl sites for hydroxylation is 1. The lowest BCUT2D eigenvalue weighted by Gasteiger charge is -2.21. The minimum atomic E-state index is -0.00231. The highest BCUT2D eigenvalue weighted by Gasteiger charge is 2.28. The topological polar surface area (TPSA) is 64.2 Å². The number of amides is 1. The second-order valence-electron chi connectivity index (χ2n) is 4.06. The van der Waals surface area contributed by atoms with E-state index in [2.05, 4.69) is 12.0 Å². The molecule has 5 nitrogen and oxygen atoms in total. The van der Waals surface area contributed by atoms with Crippen LogP contribution in [0.1, 0.15) is 30.3 Å². The van der Waals surface area contributed by atoms with Gasteiger partial charge in [0, 0.05) is 19.6 Å². The molecule has 0 spiro atoms. The normalized spacial score (nSPS) is 20.9. The van der Waals surface area contributed by atoms with E-state index in [9.17, 15) is 4.79 Å². The van der Waals surface area contributed by atoms with Gasteiger partial charge in [-0.2, -0.15) is 5.10 Å². The molecule has 1 atom stereocenters. The molecule has 0 aromatic carbocycles. The van der Waals surface area contributed by atoms with E-state index in [0.717, 1.165) is 19.4 Å².